The molecule has 0 spiro atoms. The van der Waals surface area contributed by atoms with Gasteiger partial charge in [-0.15, -0.1) is 0 Å². The zero-order chi connectivity index (χ0) is 37.3. The van der Waals surface area contributed by atoms with Gasteiger partial charge < -0.3 is 25.2 Å². The lowest BCUT2D eigenvalue weighted by Gasteiger charge is -2.18. The topological polar surface area (TPSA) is 109 Å². The van der Waals surface area contributed by atoms with Crippen molar-refractivity contribution in [2.45, 2.75) is 112 Å². The molecule has 0 aliphatic heterocycles. The molecule has 0 aliphatic carbocycles. The minimum atomic E-state index is -4.39. The van der Waals surface area contributed by atoms with Crippen LogP contribution in [0.5, 0.6) is 5.75 Å². The number of hydrogen-bond acceptors (Lipinski definition) is 8. The summed E-state index contributed by atoms with van der Waals surface area (Å²) >= 11 is 0. The van der Waals surface area contributed by atoms with Crippen molar-refractivity contribution in [1.29, 1.82) is 0 Å². The number of carbonyl (C=O) groups excluding carboxylic acids is 2. The molecular weight excluding hydrogens is 623 g/mol. The Bertz CT molecular complexity index is 1220. The molecule has 0 heterocycles. The molecule has 0 saturated heterocycles. The highest BCUT2D eigenvalue weighted by atomic mass is 19.4. The summed E-state index contributed by atoms with van der Waals surface area (Å²) in [6, 6.07) is 13.4. The zero-order valence-electron chi connectivity index (χ0n) is 30.6. The van der Waals surface area contributed by atoms with Crippen LogP contribution in [-0.4, -0.2) is 74.7 Å². The normalized spacial score (nSPS) is 13.3. The van der Waals surface area contributed by atoms with Crippen LogP contribution in [-0.2, 0) is 16.0 Å². The van der Waals surface area contributed by atoms with E-state index in [9.17, 15) is 22.8 Å². The summed E-state index contributed by atoms with van der Waals surface area (Å²) in [6.45, 7) is 17.2. The number of carbonyl (C=O) groups is 2. The number of aliphatic hydroxyl groups excluding tert-OH is 1. The first-order valence-electron chi connectivity index (χ1n) is 16.2. The fourth-order valence-corrected chi connectivity index (χ4v) is 3.64. The predicted molar refractivity (Wildman–Crippen MR) is 191 cm³/mol. The van der Waals surface area contributed by atoms with Crippen LogP contribution in [0.15, 0.2) is 53.5 Å². The maximum Gasteiger partial charge on any atom is 0.425 e. The van der Waals surface area contributed by atoms with Crippen molar-refractivity contribution in [3.63, 3.8) is 0 Å². The van der Waals surface area contributed by atoms with E-state index in [-0.39, 0.29) is 24.5 Å². The van der Waals surface area contributed by atoms with Gasteiger partial charge in [-0.1, -0.05) is 50.6 Å². The number of aliphatic imine (C=N–C) groups is 1. The first-order valence-corrected chi connectivity index (χ1v) is 16.2. The first kappa shape index (κ1) is 46.6. The van der Waals surface area contributed by atoms with E-state index in [2.05, 4.69) is 60.4 Å². The largest absolute Gasteiger partial charge is 0.481 e. The first-order chi connectivity index (χ1) is 22.6. The Balaban J connectivity index is 0. The zero-order valence-corrected chi connectivity index (χ0v) is 30.6. The Labute approximate surface area is 286 Å². The van der Waals surface area contributed by atoms with Crippen LogP contribution in [0.1, 0.15) is 95.3 Å². The van der Waals surface area contributed by atoms with Crippen molar-refractivity contribution in [3.05, 3.63) is 70.8 Å². The number of hydrogen-bond donors (Lipinski definition) is 3. The van der Waals surface area contributed by atoms with Gasteiger partial charge in [0.2, 0.25) is 0 Å². The maximum atomic E-state index is 12.2. The van der Waals surface area contributed by atoms with E-state index in [1.165, 1.54) is 30.2 Å². The molecule has 3 N–H and O–H groups in total. The molecule has 8 nitrogen and oxygen atoms in total. The van der Waals surface area contributed by atoms with E-state index in [0.717, 1.165) is 36.7 Å². The van der Waals surface area contributed by atoms with Gasteiger partial charge >= 0.3 is 6.18 Å². The molecule has 2 rings (SSSR count). The molecule has 0 radical (unpaired) electrons. The number of halogens is 3. The van der Waals surface area contributed by atoms with Gasteiger partial charge in [0.1, 0.15) is 12.0 Å². The molecule has 1 unspecified atom stereocenters. The number of ether oxygens (including phenoxy) is 2. The fourth-order valence-electron chi connectivity index (χ4n) is 3.64. The van der Waals surface area contributed by atoms with Crippen LogP contribution in [0.3, 0.4) is 0 Å². The molecule has 0 bridgehead atoms. The number of aldehydes is 1. The lowest BCUT2D eigenvalue weighted by Crippen LogP contribution is -2.31. The van der Waals surface area contributed by atoms with E-state index < -0.39 is 12.3 Å². The highest BCUT2D eigenvalue weighted by molar-refractivity contribution is 5.91. The Morgan fingerprint density at radius 2 is 1.58 bits per heavy atom. The van der Waals surface area contributed by atoms with Crippen LogP contribution >= 0.6 is 0 Å². The summed E-state index contributed by atoms with van der Waals surface area (Å²) < 4.78 is 45.8. The average molecular weight is 682 g/mol. The highest BCUT2D eigenvalue weighted by Crippen LogP contribution is 2.27. The molecule has 0 aliphatic rings. The molecule has 3 atom stereocenters. The quantitative estimate of drug-likeness (QED) is 0.138. The Morgan fingerprint density at radius 3 is 1.96 bits per heavy atom. The number of alkyl halides is 3. The van der Waals surface area contributed by atoms with Crippen molar-refractivity contribution in [2.75, 3.05) is 20.7 Å². The molecule has 2 aromatic rings. The Kier molecular flexibility index (Phi) is 25.6. The predicted octanol–water partition coefficient (Wildman–Crippen LogP) is 7.75. The fraction of sp³-hybridized carbons (Fsp3) is 0.541. The van der Waals surface area contributed by atoms with Crippen molar-refractivity contribution in [3.8, 4) is 5.75 Å². The number of nitrogens with zero attached hydrogens (tertiary/aromatic N) is 1. The molecule has 11 heteroatoms. The van der Waals surface area contributed by atoms with Crippen molar-refractivity contribution in [2.24, 2.45) is 4.99 Å². The summed E-state index contributed by atoms with van der Waals surface area (Å²) in [5.74, 6) is 0.135. The lowest BCUT2D eigenvalue weighted by atomic mass is 10.0. The summed E-state index contributed by atoms with van der Waals surface area (Å²) in [7, 11) is 3.88. The van der Waals surface area contributed by atoms with Crippen LogP contribution in [0.25, 0.3) is 5.70 Å². The molecule has 0 amide bonds. The molecular formula is C37H58F3N3O5. The number of benzene rings is 2. The van der Waals surface area contributed by atoms with Crippen LogP contribution in [0, 0.1) is 6.92 Å². The van der Waals surface area contributed by atoms with Crippen LogP contribution in [0.2, 0.25) is 0 Å². The Hall–Kier alpha value is -3.54. The van der Waals surface area contributed by atoms with Crippen molar-refractivity contribution < 1.29 is 37.3 Å². The van der Waals surface area contributed by atoms with Crippen molar-refractivity contribution in [1.82, 2.24) is 10.6 Å². The minimum absolute atomic E-state index is 0.0301. The number of rotatable bonds is 14. The number of aliphatic hydroxyl groups is 1. The molecule has 2 aromatic carbocycles. The van der Waals surface area contributed by atoms with Gasteiger partial charge in [0.25, 0.3) is 6.47 Å². The van der Waals surface area contributed by atoms with Gasteiger partial charge in [0, 0.05) is 30.0 Å². The number of nitrogens with one attached hydrogen (secondary N) is 2. The molecule has 0 aromatic heterocycles. The molecule has 48 heavy (non-hydrogen) atoms. The lowest BCUT2D eigenvalue weighted by molar-refractivity contribution is -0.189. The maximum absolute atomic E-state index is 12.2. The van der Waals surface area contributed by atoms with E-state index >= 15 is 0 Å². The third-order valence-corrected chi connectivity index (χ3v) is 6.68. The third kappa shape index (κ3) is 20.6. The molecule has 0 fully saturated rings. The second-order valence-electron chi connectivity index (χ2n) is 11.3. The minimum Gasteiger partial charge on any atom is -0.481 e. The monoisotopic (exact) mass is 681 g/mol. The van der Waals surface area contributed by atoms with Gasteiger partial charge in [-0.25, -0.2) is 0 Å². The van der Waals surface area contributed by atoms with Gasteiger partial charge in [0.15, 0.2) is 6.10 Å². The van der Waals surface area contributed by atoms with Crippen LogP contribution < -0.4 is 15.4 Å². The number of likely N-dealkylation sites (N-methyl/N-ethyl adjacent to an activating group) is 1. The van der Waals surface area contributed by atoms with Gasteiger partial charge in [-0.3, -0.25) is 14.6 Å². The standard InChI is InChI=1S/C19H31N3O.C11H11F3O2.C4H8O2.C3H8/c1-6-19(22-15(3)14(2)20-4)17-9-7-16(8-10-17)13-18(21-5)11-12-23;1-7-5-9(6-15)3-4-10(7)16-8(2)11(12,13)14;1-4(2)6-3-5;1-3-2/h6-10,14,18,20-21,23H,11-13H2,1-5H3;3-6,8H,1-2H3;3-4H,1-2H3;3H2,1-2H3/b19-6-,22-15?;;;/t14-,18-;;;/m1.../s1. The summed E-state index contributed by atoms with van der Waals surface area (Å²) in [5, 5.41) is 15.5. The van der Waals surface area contributed by atoms with Gasteiger partial charge in [0.05, 0.1) is 11.8 Å². The SMILES string of the molecule is C/C=C(\N=C(C)[C@@H](C)NC)c1ccc(C[C@@H](CCO)NC)cc1.CC(C)OC=O.CCC.Cc1cc(C=O)ccc1OC(C)C(F)(F)F. The summed E-state index contributed by atoms with van der Waals surface area (Å²) in [5.41, 5.74) is 5.37. The van der Waals surface area contributed by atoms with E-state index in [1.54, 1.807) is 20.8 Å². The van der Waals surface area contributed by atoms with E-state index in [4.69, 9.17) is 14.8 Å². The Morgan fingerprint density at radius 1 is 1.00 bits per heavy atom. The second-order valence-corrected chi connectivity index (χ2v) is 11.3. The molecule has 0 saturated carbocycles. The summed E-state index contributed by atoms with van der Waals surface area (Å²) in [6.07, 6.45) is -0.621. The number of allylic oxidation sites excluding steroid dienone is 1. The second kappa shape index (κ2) is 26.4. The smallest absolute Gasteiger partial charge is 0.425 e. The van der Waals surface area contributed by atoms with Crippen LogP contribution in [0.4, 0.5) is 13.2 Å². The summed E-state index contributed by atoms with van der Waals surface area (Å²) in [4.78, 5) is 24.6. The van der Waals surface area contributed by atoms with Gasteiger partial charge in [-0.2, -0.15) is 13.2 Å². The number of aryl methyl sites for hydroxylation is 1. The van der Waals surface area contributed by atoms with Gasteiger partial charge in [-0.05, 0) is 110 Å². The third-order valence-electron chi connectivity index (χ3n) is 6.68. The average Bonchev–Trinajstić information content (AvgIpc) is 3.04. The van der Waals surface area contributed by atoms with E-state index in [0.29, 0.717) is 29.9 Å². The van der Waals surface area contributed by atoms with E-state index in [1.807, 2.05) is 34.0 Å². The highest BCUT2D eigenvalue weighted by Gasteiger charge is 2.38. The molecule has 272 valence electrons. The van der Waals surface area contributed by atoms with Crippen molar-refractivity contribution >= 4 is 24.2 Å².